The number of hydrogen-bond acceptors (Lipinski definition) is 2. The minimum absolute atomic E-state index is 0.118. The quantitative estimate of drug-likeness (QED) is 0.654. The summed E-state index contributed by atoms with van der Waals surface area (Å²) < 4.78 is 35.4. The van der Waals surface area contributed by atoms with Gasteiger partial charge in [0, 0.05) is 18.5 Å². The molecular weight excluding hydrogens is 205 g/mol. The average molecular weight is 226 g/mol. The Morgan fingerprint density at radius 3 is 2.07 bits per heavy atom. The smallest absolute Gasteiger partial charge is 0.324 e. The molecule has 0 fully saturated rings. The van der Waals surface area contributed by atoms with Crippen molar-refractivity contribution >= 4 is 0 Å². The van der Waals surface area contributed by atoms with Crippen LogP contribution >= 0.6 is 0 Å². The molecule has 0 aliphatic heterocycles. The van der Waals surface area contributed by atoms with Crippen molar-refractivity contribution in [3.63, 3.8) is 0 Å². The molecule has 0 bridgehead atoms. The molecule has 2 nitrogen and oxygen atoms in total. The van der Waals surface area contributed by atoms with Gasteiger partial charge in [-0.1, -0.05) is 13.8 Å². The molecule has 92 valence electrons. The van der Waals surface area contributed by atoms with Crippen LogP contribution in [0, 0.1) is 0 Å². The van der Waals surface area contributed by atoms with Gasteiger partial charge in [-0.05, 0) is 25.8 Å². The molecule has 3 N–H and O–H groups in total. The second-order valence-corrected chi connectivity index (χ2v) is 3.96. The lowest BCUT2D eigenvalue weighted by Gasteiger charge is -2.27. The van der Waals surface area contributed by atoms with Gasteiger partial charge in [-0.2, -0.15) is 13.2 Å². The van der Waals surface area contributed by atoms with Gasteiger partial charge in [-0.15, -0.1) is 0 Å². The van der Waals surface area contributed by atoms with Crippen molar-refractivity contribution in [2.24, 2.45) is 5.73 Å². The number of hydrogen-bond donors (Lipinski definition) is 2. The Bertz CT molecular complexity index is 165. The maximum atomic E-state index is 11.8. The van der Waals surface area contributed by atoms with E-state index in [1.54, 1.807) is 0 Å². The Kier molecular flexibility index (Phi) is 6.20. The van der Waals surface area contributed by atoms with Crippen LogP contribution in [0.4, 0.5) is 13.2 Å². The summed E-state index contributed by atoms with van der Waals surface area (Å²) in [4.78, 5) is 0. The number of alkyl halides is 3. The SMILES string of the molecule is CCC(N)(CC)CNCCCC(F)(F)F. The summed E-state index contributed by atoms with van der Waals surface area (Å²) in [6, 6.07) is 0. The number of halogens is 3. The van der Waals surface area contributed by atoms with Gasteiger partial charge in [0.1, 0.15) is 0 Å². The van der Waals surface area contributed by atoms with Crippen LogP contribution in [0.15, 0.2) is 0 Å². The molecule has 0 atom stereocenters. The fourth-order valence-electron chi connectivity index (χ4n) is 1.25. The van der Waals surface area contributed by atoms with Gasteiger partial charge in [0.15, 0.2) is 0 Å². The summed E-state index contributed by atoms with van der Waals surface area (Å²) in [6.45, 7) is 4.93. The lowest BCUT2D eigenvalue weighted by Crippen LogP contribution is -2.48. The molecule has 0 radical (unpaired) electrons. The highest BCUT2D eigenvalue weighted by Gasteiger charge is 2.26. The Morgan fingerprint density at radius 1 is 1.13 bits per heavy atom. The molecule has 15 heavy (non-hydrogen) atoms. The first-order chi connectivity index (χ1) is 6.83. The predicted molar refractivity (Wildman–Crippen MR) is 55.7 cm³/mol. The van der Waals surface area contributed by atoms with E-state index in [1.807, 2.05) is 13.8 Å². The van der Waals surface area contributed by atoms with Crippen molar-refractivity contribution in [3.05, 3.63) is 0 Å². The first-order valence-corrected chi connectivity index (χ1v) is 5.39. The predicted octanol–water partition coefficient (Wildman–Crippen LogP) is 2.44. The van der Waals surface area contributed by atoms with E-state index in [0.29, 0.717) is 13.1 Å². The molecule has 0 aliphatic rings. The summed E-state index contributed by atoms with van der Waals surface area (Å²) >= 11 is 0. The summed E-state index contributed by atoms with van der Waals surface area (Å²) in [5, 5.41) is 2.98. The highest BCUT2D eigenvalue weighted by atomic mass is 19.4. The first-order valence-electron chi connectivity index (χ1n) is 5.39. The van der Waals surface area contributed by atoms with Gasteiger partial charge in [0.05, 0.1) is 0 Å². The zero-order valence-corrected chi connectivity index (χ0v) is 9.45. The van der Waals surface area contributed by atoms with Crippen molar-refractivity contribution in [1.29, 1.82) is 0 Å². The van der Waals surface area contributed by atoms with Crippen LogP contribution in [-0.4, -0.2) is 24.8 Å². The second-order valence-electron chi connectivity index (χ2n) is 3.96. The normalized spacial score (nSPS) is 13.2. The fourth-order valence-corrected chi connectivity index (χ4v) is 1.25. The van der Waals surface area contributed by atoms with Crippen molar-refractivity contribution in [3.8, 4) is 0 Å². The van der Waals surface area contributed by atoms with Crippen LogP contribution in [-0.2, 0) is 0 Å². The second kappa shape index (κ2) is 6.33. The van der Waals surface area contributed by atoms with Crippen LogP contribution in [0.3, 0.4) is 0 Å². The molecule has 0 heterocycles. The third kappa shape index (κ3) is 7.62. The van der Waals surface area contributed by atoms with E-state index in [4.69, 9.17) is 5.73 Å². The third-order valence-corrected chi connectivity index (χ3v) is 2.70. The summed E-state index contributed by atoms with van der Waals surface area (Å²) in [5.41, 5.74) is 5.70. The minimum Gasteiger partial charge on any atom is -0.324 e. The van der Waals surface area contributed by atoms with E-state index >= 15 is 0 Å². The number of nitrogens with two attached hydrogens (primary N) is 1. The van der Waals surface area contributed by atoms with E-state index in [-0.39, 0.29) is 12.0 Å². The highest BCUT2D eigenvalue weighted by Crippen LogP contribution is 2.20. The van der Waals surface area contributed by atoms with Crippen molar-refractivity contribution in [1.82, 2.24) is 5.32 Å². The lowest BCUT2D eigenvalue weighted by atomic mass is 9.94. The molecule has 0 saturated heterocycles. The van der Waals surface area contributed by atoms with E-state index in [1.165, 1.54) is 0 Å². The molecule has 0 aromatic rings. The van der Waals surface area contributed by atoms with E-state index in [9.17, 15) is 13.2 Å². The van der Waals surface area contributed by atoms with Gasteiger partial charge >= 0.3 is 6.18 Å². The van der Waals surface area contributed by atoms with Crippen molar-refractivity contribution in [2.75, 3.05) is 13.1 Å². The standard InChI is InChI=1S/C10H21F3N2/c1-3-9(14,4-2)8-15-7-5-6-10(11,12)13/h15H,3-8,14H2,1-2H3. The monoisotopic (exact) mass is 226 g/mol. The topological polar surface area (TPSA) is 38.0 Å². The molecule has 0 saturated carbocycles. The zero-order valence-electron chi connectivity index (χ0n) is 9.45. The molecule has 0 aromatic heterocycles. The molecule has 0 unspecified atom stereocenters. The number of nitrogens with one attached hydrogen (secondary N) is 1. The molecular formula is C10H21F3N2. The van der Waals surface area contributed by atoms with Crippen LogP contribution in [0.2, 0.25) is 0 Å². The average Bonchev–Trinajstić information content (AvgIpc) is 2.15. The van der Waals surface area contributed by atoms with E-state index in [2.05, 4.69) is 5.32 Å². The molecule has 0 aliphatic carbocycles. The molecule has 5 heteroatoms. The van der Waals surface area contributed by atoms with Crippen LogP contribution < -0.4 is 11.1 Å². The van der Waals surface area contributed by atoms with Crippen molar-refractivity contribution < 1.29 is 13.2 Å². The van der Waals surface area contributed by atoms with E-state index < -0.39 is 12.6 Å². The molecule has 0 spiro atoms. The Morgan fingerprint density at radius 2 is 1.67 bits per heavy atom. The highest BCUT2D eigenvalue weighted by molar-refractivity contribution is 4.83. The maximum absolute atomic E-state index is 11.8. The Balaban J connectivity index is 3.54. The minimum atomic E-state index is -4.04. The van der Waals surface area contributed by atoms with Gasteiger partial charge in [0.25, 0.3) is 0 Å². The largest absolute Gasteiger partial charge is 0.389 e. The van der Waals surface area contributed by atoms with Crippen LogP contribution in [0.25, 0.3) is 0 Å². The van der Waals surface area contributed by atoms with Crippen LogP contribution in [0.1, 0.15) is 39.5 Å². The van der Waals surface area contributed by atoms with Gasteiger partial charge < -0.3 is 11.1 Å². The number of rotatable bonds is 7. The third-order valence-electron chi connectivity index (χ3n) is 2.70. The molecule has 0 aromatic carbocycles. The van der Waals surface area contributed by atoms with Gasteiger partial charge in [0.2, 0.25) is 0 Å². The fraction of sp³-hybridized carbons (Fsp3) is 1.00. The summed E-state index contributed by atoms with van der Waals surface area (Å²) in [6.07, 6.45) is -2.99. The molecule has 0 amide bonds. The lowest BCUT2D eigenvalue weighted by molar-refractivity contribution is -0.135. The zero-order chi connectivity index (χ0) is 11.9. The maximum Gasteiger partial charge on any atom is 0.389 e. The van der Waals surface area contributed by atoms with Crippen molar-refractivity contribution in [2.45, 2.75) is 51.2 Å². The van der Waals surface area contributed by atoms with Gasteiger partial charge in [-0.3, -0.25) is 0 Å². The van der Waals surface area contributed by atoms with E-state index in [0.717, 1.165) is 12.8 Å². The molecule has 0 rings (SSSR count). The Labute approximate surface area is 89.4 Å². The summed E-state index contributed by atoms with van der Waals surface area (Å²) in [7, 11) is 0. The Hall–Kier alpha value is -0.290. The van der Waals surface area contributed by atoms with Gasteiger partial charge in [-0.25, -0.2) is 0 Å². The first kappa shape index (κ1) is 14.7. The van der Waals surface area contributed by atoms with Crippen LogP contribution in [0.5, 0.6) is 0 Å². The summed E-state index contributed by atoms with van der Waals surface area (Å²) in [5.74, 6) is 0.